The Morgan fingerprint density at radius 3 is 2.35 bits per heavy atom. The highest BCUT2D eigenvalue weighted by Crippen LogP contribution is 2.29. The van der Waals surface area contributed by atoms with Crippen LogP contribution in [0.5, 0.6) is 0 Å². The summed E-state index contributed by atoms with van der Waals surface area (Å²) in [6.45, 7) is 4.55. The summed E-state index contributed by atoms with van der Waals surface area (Å²) in [5.41, 5.74) is 2.05. The summed E-state index contributed by atoms with van der Waals surface area (Å²) in [6, 6.07) is 16.6. The van der Waals surface area contributed by atoms with Gasteiger partial charge in [0.05, 0.1) is 17.6 Å². The minimum Gasteiger partial charge on any atom is -0.370 e. The van der Waals surface area contributed by atoms with Crippen LogP contribution < -0.4 is 0 Å². The van der Waals surface area contributed by atoms with Crippen LogP contribution >= 0.6 is 0 Å². The first-order valence-corrected chi connectivity index (χ1v) is 9.17. The maximum absolute atomic E-state index is 13.0. The summed E-state index contributed by atoms with van der Waals surface area (Å²) < 4.78 is 33.3. The number of nitrogens with zero attached hydrogens (tertiary/aromatic N) is 1. The second kappa shape index (κ2) is 6.43. The number of rotatable bonds is 3. The minimum absolute atomic E-state index is 0.179. The molecule has 3 rings (SSSR count). The van der Waals surface area contributed by atoms with Gasteiger partial charge in [0.1, 0.15) is 0 Å². The lowest BCUT2D eigenvalue weighted by molar-refractivity contribution is -0.0288. The second-order valence-corrected chi connectivity index (χ2v) is 7.86. The molecule has 1 heterocycles. The van der Waals surface area contributed by atoms with Gasteiger partial charge in [-0.25, -0.2) is 8.42 Å². The first-order chi connectivity index (χ1) is 11.0. The summed E-state index contributed by atoms with van der Waals surface area (Å²) in [5, 5.41) is 0. The van der Waals surface area contributed by atoms with E-state index in [-0.39, 0.29) is 12.1 Å². The Balaban J connectivity index is 1.89. The number of sulfonamides is 1. The molecule has 5 heteroatoms. The van der Waals surface area contributed by atoms with Crippen molar-refractivity contribution in [2.45, 2.75) is 30.9 Å². The quantitative estimate of drug-likeness (QED) is 0.868. The molecule has 0 radical (unpaired) electrons. The van der Waals surface area contributed by atoms with Gasteiger partial charge in [-0.15, -0.1) is 0 Å². The van der Waals surface area contributed by atoms with E-state index in [9.17, 15) is 8.42 Å². The summed E-state index contributed by atoms with van der Waals surface area (Å²) in [5.74, 6) is 0. The van der Waals surface area contributed by atoms with Crippen molar-refractivity contribution in [3.63, 3.8) is 0 Å². The zero-order valence-corrected chi connectivity index (χ0v) is 14.2. The van der Waals surface area contributed by atoms with E-state index < -0.39 is 10.0 Å². The highest BCUT2D eigenvalue weighted by molar-refractivity contribution is 7.89. The van der Waals surface area contributed by atoms with E-state index in [1.165, 1.54) is 0 Å². The van der Waals surface area contributed by atoms with Crippen LogP contribution in [0.1, 0.15) is 24.2 Å². The molecule has 2 aromatic carbocycles. The molecule has 1 aliphatic heterocycles. The van der Waals surface area contributed by atoms with Crippen molar-refractivity contribution in [1.29, 1.82) is 0 Å². The Morgan fingerprint density at radius 2 is 1.70 bits per heavy atom. The predicted octanol–water partition coefficient (Wildman–Crippen LogP) is 3.15. The lowest BCUT2D eigenvalue weighted by Gasteiger charge is -2.37. The van der Waals surface area contributed by atoms with E-state index in [0.29, 0.717) is 18.0 Å². The van der Waals surface area contributed by atoms with Gasteiger partial charge in [0.25, 0.3) is 0 Å². The molecule has 0 aliphatic carbocycles. The third-order valence-corrected chi connectivity index (χ3v) is 6.17. The first kappa shape index (κ1) is 16.2. The van der Waals surface area contributed by atoms with Crippen LogP contribution in [0.25, 0.3) is 0 Å². The fourth-order valence-corrected chi connectivity index (χ4v) is 4.40. The van der Waals surface area contributed by atoms with Crippen molar-refractivity contribution >= 4 is 10.0 Å². The average Bonchev–Trinajstić information content (AvgIpc) is 2.56. The fourth-order valence-electron chi connectivity index (χ4n) is 2.78. The molecule has 0 amide bonds. The van der Waals surface area contributed by atoms with Gasteiger partial charge in [-0.3, -0.25) is 0 Å². The molecule has 2 atom stereocenters. The maximum Gasteiger partial charge on any atom is 0.243 e. The molecule has 1 fully saturated rings. The Bertz CT molecular complexity index is 757. The van der Waals surface area contributed by atoms with E-state index >= 15 is 0 Å². The minimum atomic E-state index is -3.52. The normalized spacial score (nSPS) is 22.9. The topological polar surface area (TPSA) is 46.6 Å². The SMILES string of the molecule is Cc1ccc(S(=O)(=O)N2C[C@@H](c3ccccc3)OC[C@@H]2C)cc1. The van der Waals surface area contributed by atoms with Gasteiger partial charge in [-0.1, -0.05) is 48.0 Å². The van der Waals surface area contributed by atoms with E-state index in [0.717, 1.165) is 11.1 Å². The molecule has 0 spiro atoms. The molecule has 0 aromatic heterocycles. The van der Waals surface area contributed by atoms with E-state index in [4.69, 9.17) is 4.74 Å². The lowest BCUT2D eigenvalue weighted by Crippen LogP contribution is -2.48. The van der Waals surface area contributed by atoms with Crippen molar-refractivity contribution < 1.29 is 13.2 Å². The van der Waals surface area contributed by atoms with Gasteiger partial charge in [-0.2, -0.15) is 4.31 Å². The summed E-state index contributed by atoms with van der Waals surface area (Å²) in [6.07, 6.45) is -0.229. The molecule has 1 saturated heterocycles. The zero-order valence-electron chi connectivity index (χ0n) is 13.3. The predicted molar refractivity (Wildman–Crippen MR) is 89.7 cm³/mol. The highest BCUT2D eigenvalue weighted by Gasteiger charge is 2.35. The van der Waals surface area contributed by atoms with Crippen LogP contribution in [0.15, 0.2) is 59.5 Å². The zero-order chi connectivity index (χ0) is 16.4. The Morgan fingerprint density at radius 1 is 1.04 bits per heavy atom. The van der Waals surface area contributed by atoms with Crippen molar-refractivity contribution in [2.75, 3.05) is 13.2 Å². The van der Waals surface area contributed by atoms with Gasteiger partial charge < -0.3 is 4.74 Å². The number of hydrogen-bond donors (Lipinski definition) is 0. The molecule has 0 unspecified atom stereocenters. The second-order valence-electron chi connectivity index (χ2n) is 5.97. The summed E-state index contributed by atoms with van der Waals surface area (Å²) in [4.78, 5) is 0.337. The molecular formula is C18H21NO3S. The van der Waals surface area contributed by atoms with Crippen LogP contribution in [-0.2, 0) is 14.8 Å². The molecule has 23 heavy (non-hydrogen) atoms. The molecule has 2 aromatic rings. The van der Waals surface area contributed by atoms with Gasteiger partial charge in [0.2, 0.25) is 10.0 Å². The van der Waals surface area contributed by atoms with Crippen LogP contribution in [0.2, 0.25) is 0 Å². The van der Waals surface area contributed by atoms with E-state index in [2.05, 4.69) is 0 Å². The lowest BCUT2D eigenvalue weighted by atomic mass is 10.1. The van der Waals surface area contributed by atoms with Crippen LogP contribution in [-0.4, -0.2) is 31.9 Å². The Hall–Kier alpha value is -1.69. The van der Waals surface area contributed by atoms with Crippen LogP contribution in [0, 0.1) is 6.92 Å². The number of hydrogen-bond acceptors (Lipinski definition) is 3. The van der Waals surface area contributed by atoms with Gasteiger partial charge in [-0.05, 0) is 31.5 Å². The summed E-state index contributed by atoms with van der Waals surface area (Å²) in [7, 11) is -3.52. The molecular weight excluding hydrogens is 310 g/mol. The van der Waals surface area contributed by atoms with Crippen LogP contribution in [0.4, 0.5) is 0 Å². The Kier molecular flexibility index (Phi) is 4.53. The molecule has 1 aliphatic rings. The van der Waals surface area contributed by atoms with Crippen molar-refractivity contribution in [3.8, 4) is 0 Å². The standard InChI is InChI=1S/C18H21NO3S/c1-14-8-10-17(11-9-14)23(20,21)19-12-18(22-13-15(19)2)16-6-4-3-5-7-16/h3-11,15,18H,12-13H2,1-2H3/t15-,18-/m0/s1. The largest absolute Gasteiger partial charge is 0.370 e. The summed E-state index contributed by atoms with van der Waals surface area (Å²) >= 11 is 0. The molecule has 4 nitrogen and oxygen atoms in total. The monoisotopic (exact) mass is 331 g/mol. The molecule has 122 valence electrons. The molecule has 0 bridgehead atoms. The first-order valence-electron chi connectivity index (χ1n) is 7.73. The van der Waals surface area contributed by atoms with Crippen molar-refractivity contribution in [1.82, 2.24) is 4.31 Å². The number of benzene rings is 2. The Labute approximate surface area is 137 Å². The van der Waals surface area contributed by atoms with Gasteiger partial charge >= 0.3 is 0 Å². The highest BCUT2D eigenvalue weighted by atomic mass is 32.2. The third kappa shape index (κ3) is 3.32. The average molecular weight is 331 g/mol. The van der Waals surface area contributed by atoms with E-state index in [1.54, 1.807) is 16.4 Å². The number of morpholine rings is 1. The number of ether oxygens (including phenoxy) is 1. The van der Waals surface area contributed by atoms with Crippen LogP contribution in [0.3, 0.4) is 0 Å². The molecule has 0 N–H and O–H groups in total. The van der Waals surface area contributed by atoms with Crippen molar-refractivity contribution in [2.24, 2.45) is 0 Å². The van der Waals surface area contributed by atoms with Crippen molar-refractivity contribution in [3.05, 3.63) is 65.7 Å². The van der Waals surface area contributed by atoms with Gasteiger partial charge in [0.15, 0.2) is 0 Å². The van der Waals surface area contributed by atoms with E-state index in [1.807, 2.05) is 56.3 Å². The third-order valence-electron chi connectivity index (χ3n) is 4.17. The fraction of sp³-hybridized carbons (Fsp3) is 0.333. The molecule has 0 saturated carbocycles. The smallest absolute Gasteiger partial charge is 0.243 e. The number of aryl methyl sites for hydroxylation is 1. The van der Waals surface area contributed by atoms with Gasteiger partial charge in [0, 0.05) is 12.6 Å². The maximum atomic E-state index is 13.0.